The molecule has 0 spiro atoms. The summed E-state index contributed by atoms with van der Waals surface area (Å²) in [5.74, 6) is 1.96. The fourth-order valence-electron chi connectivity index (χ4n) is 5.31. The summed E-state index contributed by atoms with van der Waals surface area (Å²) in [5.41, 5.74) is 8.72. The number of nitrogens with two attached hydrogens (primary N) is 1. The second-order valence-electron chi connectivity index (χ2n) is 10.2. The first-order chi connectivity index (χ1) is 19.0. The Bertz CT molecular complexity index is 1580. The normalized spacial score (nSPS) is 18.2. The van der Waals surface area contributed by atoms with E-state index in [0.29, 0.717) is 40.8 Å². The summed E-state index contributed by atoms with van der Waals surface area (Å²) < 4.78 is 7.79. The maximum atomic E-state index is 13.3. The number of aromatic nitrogens is 4. The lowest BCUT2D eigenvalue weighted by molar-refractivity contribution is -0.128. The van der Waals surface area contributed by atoms with Crippen molar-refractivity contribution in [1.82, 2.24) is 24.6 Å². The van der Waals surface area contributed by atoms with E-state index in [4.69, 9.17) is 15.6 Å². The number of ether oxygens (including phenoxy) is 1. The molecular formula is C30H29N7O2. The third kappa shape index (κ3) is 4.81. The van der Waals surface area contributed by atoms with E-state index < -0.39 is 0 Å². The number of nitrogens with zero attached hydrogens (tertiary/aromatic N) is 6. The van der Waals surface area contributed by atoms with E-state index in [9.17, 15) is 10.1 Å². The Kier molecular flexibility index (Phi) is 6.45. The predicted octanol–water partition coefficient (Wildman–Crippen LogP) is 5.28. The van der Waals surface area contributed by atoms with Crippen molar-refractivity contribution in [2.24, 2.45) is 5.92 Å². The molecule has 1 saturated carbocycles. The lowest BCUT2D eigenvalue weighted by Crippen LogP contribution is -2.41. The summed E-state index contributed by atoms with van der Waals surface area (Å²) >= 11 is 0. The van der Waals surface area contributed by atoms with Crippen LogP contribution in [0.25, 0.3) is 22.3 Å². The fourth-order valence-corrected chi connectivity index (χ4v) is 5.31. The predicted molar refractivity (Wildman–Crippen MR) is 148 cm³/mol. The van der Waals surface area contributed by atoms with Gasteiger partial charge >= 0.3 is 0 Å². The molecule has 2 fully saturated rings. The van der Waals surface area contributed by atoms with Crippen LogP contribution in [0.4, 0.5) is 5.82 Å². The molecule has 1 aliphatic heterocycles. The Morgan fingerprint density at radius 2 is 1.85 bits per heavy atom. The molecule has 2 aromatic heterocycles. The molecule has 9 nitrogen and oxygen atoms in total. The first kappa shape index (κ1) is 24.6. The average molecular weight is 520 g/mol. The van der Waals surface area contributed by atoms with E-state index in [2.05, 4.69) is 16.0 Å². The van der Waals surface area contributed by atoms with Crippen LogP contribution < -0.4 is 10.5 Å². The standard InChI is InChI=1S/C30H29N7O2/c1-19(25-8-5-15-36(25)30(38)22(17-31)16-20-9-10-20)37-29-26(28(32)33-18-34-29)27(35-37)21-11-13-24(14-12-21)39-23-6-3-2-4-7-23/h2-4,6-7,11-14,16,18-20,25H,5,8-10,15H2,1H3,(H2,32,33,34). The molecule has 1 saturated heterocycles. The minimum atomic E-state index is -0.196. The molecule has 2 N–H and O–H groups in total. The van der Waals surface area contributed by atoms with Gasteiger partial charge in [-0.15, -0.1) is 0 Å². The molecule has 2 atom stereocenters. The highest BCUT2D eigenvalue weighted by Crippen LogP contribution is 2.37. The van der Waals surface area contributed by atoms with Crippen LogP contribution in [0, 0.1) is 17.2 Å². The Hall–Kier alpha value is -4.71. The zero-order chi connectivity index (χ0) is 26.9. The fraction of sp³-hybridized carbons (Fsp3) is 0.300. The smallest absolute Gasteiger partial charge is 0.264 e. The van der Waals surface area contributed by atoms with Crippen molar-refractivity contribution in [3.8, 4) is 28.8 Å². The monoisotopic (exact) mass is 519 g/mol. The van der Waals surface area contributed by atoms with E-state index in [1.807, 2.05) is 77.2 Å². The van der Waals surface area contributed by atoms with Gasteiger partial charge in [0.05, 0.1) is 17.5 Å². The SMILES string of the molecule is CC(C1CCCN1C(=O)C(C#N)=CC1CC1)n1nc(-c2ccc(Oc3ccccc3)cc2)c2c(N)ncnc21. The molecule has 1 amide bonds. The number of anilines is 1. The van der Waals surface area contributed by atoms with Gasteiger partial charge in [0.1, 0.15) is 41.0 Å². The van der Waals surface area contributed by atoms with Crippen molar-refractivity contribution >= 4 is 22.8 Å². The van der Waals surface area contributed by atoms with Gasteiger partial charge in [0.25, 0.3) is 5.91 Å². The van der Waals surface area contributed by atoms with Crippen molar-refractivity contribution in [3.63, 3.8) is 0 Å². The lowest BCUT2D eigenvalue weighted by Gasteiger charge is -2.29. The van der Waals surface area contributed by atoms with Crippen LogP contribution in [0.1, 0.15) is 38.6 Å². The van der Waals surface area contributed by atoms with E-state index in [1.54, 1.807) is 0 Å². The number of nitrogen functional groups attached to an aromatic ring is 1. The third-order valence-corrected chi connectivity index (χ3v) is 7.50. The number of nitriles is 1. The van der Waals surface area contributed by atoms with Gasteiger partial charge in [-0.3, -0.25) is 4.79 Å². The highest BCUT2D eigenvalue weighted by atomic mass is 16.5. The van der Waals surface area contributed by atoms with E-state index >= 15 is 0 Å². The third-order valence-electron chi connectivity index (χ3n) is 7.50. The zero-order valence-corrected chi connectivity index (χ0v) is 21.7. The first-order valence-electron chi connectivity index (χ1n) is 13.3. The van der Waals surface area contributed by atoms with Crippen LogP contribution in [-0.2, 0) is 4.79 Å². The number of para-hydroxylation sites is 1. The second kappa shape index (κ2) is 10.2. The van der Waals surface area contributed by atoms with Gasteiger partial charge in [-0.05, 0) is 74.9 Å². The number of likely N-dealkylation sites (tertiary alicyclic amines) is 1. The van der Waals surface area contributed by atoms with Crippen LogP contribution in [0.5, 0.6) is 11.5 Å². The number of hydrogen-bond donors (Lipinski definition) is 1. The lowest BCUT2D eigenvalue weighted by atomic mass is 10.1. The van der Waals surface area contributed by atoms with Gasteiger partial charge in [-0.25, -0.2) is 14.6 Å². The molecule has 39 heavy (non-hydrogen) atoms. The number of carbonyl (C=O) groups excluding carboxylic acids is 1. The van der Waals surface area contributed by atoms with Crippen molar-refractivity contribution < 1.29 is 9.53 Å². The molecule has 2 aliphatic rings. The van der Waals surface area contributed by atoms with Crippen molar-refractivity contribution in [3.05, 3.63) is 72.6 Å². The second-order valence-corrected chi connectivity index (χ2v) is 10.2. The molecule has 0 radical (unpaired) electrons. The zero-order valence-electron chi connectivity index (χ0n) is 21.7. The molecule has 196 valence electrons. The summed E-state index contributed by atoms with van der Waals surface area (Å²) in [6.07, 6.45) is 7.05. The number of hydrogen-bond acceptors (Lipinski definition) is 7. The Balaban J connectivity index is 1.32. The summed E-state index contributed by atoms with van der Waals surface area (Å²) in [4.78, 5) is 23.9. The maximum absolute atomic E-state index is 13.3. The summed E-state index contributed by atoms with van der Waals surface area (Å²) in [6.45, 7) is 2.65. The Morgan fingerprint density at radius 3 is 2.56 bits per heavy atom. The summed E-state index contributed by atoms with van der Waals surface area (Å²) in [7, 11) is 0. The highest BCUT2D eigenvalue weighted by Gasteiger charge is 2.37. The van der Waals surface area contributed by atoms with Crippen molar-refractivity contribution in [1.29, 1.82) is 5.26 Å². The number of fused-ring (bicyclic) bond motifs is 1. The number of rotatable bonds is 7. The van der Waals surface area contributed by atoms with Gasteiger partial charge in [-0.1, -0.05) is 24.3 Å². The Morgan fingerprint density at radius 1 is 1.10 bits per heavy atom. The van der Waals surface area contributed by atoms with E-state index in [1.165, 1.54) is 6.33 Å². The van der Waals surface area contributed by atoms with Crippen LogP contribution in [0.3, 0.4) is 0 Å². The van der Waals surface area contributed by atoms with Crippen molar-refractivity contribution in [2.45, 2.75) is 44.7 Å². The molecule has 2 aromatic carbocycles. The summed E-state index contributed by atoms with van der Waals surface area (Å²) in [6, 6.07) is 19.1. The largest absolute Gasteiger partial charge is 0.457 e. The first-order valence-corrected chi connectivity index (χ1v) is 13.3. The maximum Gasteiger partial charge on any atom is 0.264 e. The van der Waals surface area contributed by atoms with Gasteiger partial charge in [0, 0.05) is 12.1 Å². The number of benzene rings is 2. The number of allylic oxidation sites excluding steroid dienone is 1. The molecule has 3 heterocycles. The Labute approximate surface area is 226 Å². The molecule has 1 aliphatic carbocycles. The van der Waals surface area contributed by atoms with Gasteiger partial charge in [-0.2, -0.15) is 10.4 Å². The van der Waals surface area contributed by atoms with E-state index in [0.717, 1.165) is 37.0 Å². The minimum Gasteiger partial charge on any atom is -0.457 e. The quantitative estimate of drug-likeness (QED) is 0.260. The molecule has 0 bridgehead atoms. The van der Waals surface area contributed by atoms with Crippen LogP contribution in [0.15, 0.2) is 72.6 Å². The van der Waals surface area contributed by atoms with Gasteiger partial charge < -0.3 is 15.4 Å². The molecular weight excluding hydrogens is 490 g/mol. The molecule has 6 rings (SSSR count). The van der Waals surface area contributed by atoms with Gasteiger partial charge in [0.15, 0.2) is 5.65 Å². The van der Waals surface area contributed by atoms with E-state index in [-0.39, 0.29) is 23.6 Å². The van der Waals surface area contributed by atoms with Crippen molar-refractivity contribution in [2.75, 3.05) is 12.3 Å². The number of amides is 1. The molecule has 2 unspecified atom stereocenters. The number of carbonyl (C=O) groups is 1. The topological polar surface area (TPSA) is 123 Å². The summed E-state index contributed by atoms with van der Waals surface area (Å²) in [5, 5.41) is 15.3. The molecule has 9 heteroatoms. The van der Waals surface area contributed by atoms with Gasteiger partial charge in [0.2, 0.25) is 0 Å². The van der Waals surface area contributed by atoms with Crippen LogP contribution in [-0.4, -0.2) is 43.1 Å². The molecule has 4 aromatic rings. The van der Waals surface area contributed by atoms with Crippen LogP contribution >= 0.6 is 0 Å². The minimum absolute atomic E-state index is 0.123. The highest BCUT2D eigenvalue weighted by molar-refractivity contribution is 5.99. The van der Waals surface area contributed by atoms with Crippen LogP contribution in [0.2, 0.25) is 0 Å². The average Bonchev–Trinajstić information content (AvgIpc) is 3.49.